The Kier molecular flexibility index (Phi) is 7.71. The highest BCUT2D eigenvalue weighted by Gasteiger charge is 2.48. The van der Waals surface area contributed by atoms with Gasteiger partial charge in [-0.3, -0.25) is 4.55 Å². The van der Waals surface area contributed by atoms with Gasteiger partial charge in [0.2, 0.25) is 0 Å². The highest BCUT2D eigenvalue weighted by atomic mass is 32.2. The van der Waals surface area contributed by atoms with Crippen LogP contribution in [0.3, 0.4) is 0 Å². The standard InChI is InChI=1S/C15H28O7S/c1-2-3-4-5-7-19-12-10-21-15-13(11-22-14(12)15)20-8-6-9-23(16,17)18/h12-15H,2-11H2,1H3,(H,16,17,18)/t12-,13+,14?,15?/m1/s1. The highest BCUT2D eigenvalue weighted by molar-refractivity contribution is 7.85. The van der Waals surface area contributed by atoms with Gasteiger partial charge in [-0.15, -0.1) is 0 Å². The van der Waals surface area contributed by atoms with E-state index in [0.29, 0.717) is 13.2 Å². The van der Waals surface area contributed by atoms with Gasteiger partial charge in [0.05, 0.1) is 19.0 Å². The van der Waals surface area contributed by atoms with Crippen LogP contribution in [0.4, 0.5) is 0 Å². The molecular formula is C15H28O7S. The summed E-state index contributed by atoms with van der Waals surface area (Å²) < 4.78 is 53.0. The summed E-state index contributed by atoms with van der Waals surface area (Å²) in [5.41, 5.74) is 0. The molecule has 4 atom stereocenters. The first-order chi connectivity index (χ1) is 11.0. The Bertz CT molecular complexity index is 439. The van der Waals surface area contributed by atoms with E-state index in [-0.39, 0.29) is 43.2 Å². The normalized spacial score (nSPS) is 30.7. The third kappa shape index (κ3) is 6.28. The maximum atomic E-state index is 10.7. The van der Waals surface area contributed by atoms with E-state index >= 15 is 0 Å². The molecule has 7 nitrogen and oxygen atoms in total. The van der Waals surface area contributed by atoms with Crippen LogP contribution in [0.25, 0.3) is 0 Å². The van der Waals surface area contributed by atoms with Crippen LogP contribution in [0.1, 0.15) is 39.0 Å². The summed E-state index contributed by atoms with van der Waals surface area (Å²) in [6.07, 6.45) is 4.42. The first-order valence-electron chi connectivity index (χ1n) is 8.43. The Morgan fingerprint density at radius 3 is 2.04 bits per heavy atom. The molecule has 8 heteroatoms. The molecule has 0 bridgehead atoms. The van der Waals surface area contributed by atoms with Crippen LogP contribution in [0.15, 0.2) is 0 Å². The molecule has 0 aromatic heterocycles. The van der Waals surface area contributed by atoms with Crippen LogP contribution in [0, 0.1) is 0 Å². The van der Waals surface area contributed by atoms with Crippen molar-refractivity contribution < 1.29 is 31.9 Å². The predicted molar refractivity (Wildman–Crippen MR) is 84.1 cm³/mol. The Morgan fingerprint density at radius 2 is 1.52 bits per heavy atom. The lowest BCUT2D eigenvalue weighted by Crippen LogP contribution is -2.34. The Morgan fingerprint density at radius 1 is 0.957 bits per heavy atom. The van der Waals surface area contributed by atoms with Gasteiger partial charge in [0.15, 0.2) is 0 Å². The topological polar surface area (TPSA) is 91.3 Å². The van der Waals surface area contributed by atoms with Gasteiger partial charge in [0, 0.05) is 13.2 Å². The van der Waals surface area contributed by atoms with E-state index in [2.05, 4.69) is 6.92 Å². The summed E-state index contributed by atoms with van der Waals surface area (Å²) >= 11 is 0. The minimum Gasteiger partial charge on any atom is -0.373 e. The fraction of sp³-hybridized carbons (Fsp3) is 1.00. The van der Waals surface area contributed by atoms with Crippen LogP contribution < -0.4 is 0 Å². The quantitative estimate of drug-likeness (QED) is 0.444. The minimum atomic E-state index is -3.93. The zero-order valence-corrected chi connectivity index (χ0v) is 14.5. The summed E-state index contributed by atoms with van der Waals surface area (Å²) in [4.78, 5) is 0. The zero-order valence-electron chi connectivity index (χ0n) is 13.7. The summed E-state index contributed by atoms with van der Waals surface area (Å²) in [7, 11) is -3.93. The molecule has 23 heavy (non-hydrogen) atoms. The van der Waals surface area contributed by atoms with Crippen molar-refractivity contribution >= 4 is 10.1 Å². The number of hydrogen-bond donors (Lipinski definition) is 1. The average Bonchev–Trinajstić information content (AvgIpc) is 3.05. The van der Waals surface area contributed by atoms with E-state index in [1.807, 2.05) is 0 Å². The number of ether oxygens (including phenoxy) is 4. The monoisotopic (exact) mass is 352 g/mol. The van der Waals surface area contributed by atoms with Gasteiger partial charge in [0.1, 0.15) is 24.4 Å². The molecule has 2 fully saturated rings. The third-order valence-electron chi connectivity index (χ3n) is 4.17. The summed E-state index contributed by atoms with van der Waals surface area (Å²) in [5.74, 6) is -0.293. The first-order valence-corrected chi connectivity index (χ1v) is 10.0. The van der Waals surface area contributed by atoms with Gasteiger partial charge in [-0.1, -0.05) is 26.2 Å². The van der Waals surface area contributed by atoms with Gasteiger partial charge in [0.25, 0.3) is 10.1 Å². The van der Waals surface area contributed by atoms with Gasteiger partial charge >= 0.3 is 0 Å². The second-order valence-corrected chi connectivity index (χ2v) is 7.69. The minimum absolute atomic E-state index is 0.0481. The van der Waals surface area contributed by atoms with Crippen molar-refractivity contribution in [2.75, 3.05) is 32.2 Å². The summed E-state index contributed by atoms with van der Waals surface area (Å²) in [5, 5.41) is 0. The molecule has 2 unspecified atom stereocenters. The van der Waals surface area contributed by atoms with E-state index in [1.54, 1.807) is 0 Å². The van der Waals surface area contributed by atoms with Crippen molar-refractivity contribution in [2.24, 2.45) is 0 Å². The lowest BCUT2D eigenvalue weighted by molar-refractivity contribution is -0.0505. The van der Waals surface area contributed by atoms with Crippen molar-refractivity contribution in [1.29, 1.82) is 0 Å². The molecule has 0 aromatic rings. The molecule has 2 aliphatic heterocycles. The molecule has 0 spiro atoms. The third-order valence-corrected chi connectivity index (χ3v) is 4.98. The molecule has 0 amide bonds. The molecule has 0 saturated carbocycles. The maximum Gasteiger partial charge on any atom is 0.264 e. The second-order valence-electron chi connectivity index (χ2n) is 6.11. The van der Waals surface area contributed by atoms with Gasteiger partial charge in [-0.25, -0.2) is 0 Å². The number of rotatable bonds is 11. The predicted octanol–water partition coefficient (Wildman–Crippen LogP) is 1.41. The van der Waals surface area contributed by atoms with Crippen LogP contribution in [0.5, 0.6) is 0 Å². The van der Waals surface area contributed by atoms with Crippen LogP contribution >= 0.6 is 0 Å². The SMILES string of the molecule is CCCCCCO[C@@H]1COC2C1OC[C@@H]2OCCCS(=O)(=O)O. The van der Waals surface area contributed by atoms with Crippen molar-refractivity contribution in [3.63, 3.8) is 0 Å². The Balaban J connectivity index is 1.64. The first kappa shape index (κ1) is 19.1. The summed E-state index contributed by atoms with van der Waals surface area (Å²) in [6.45, 7) is 4.09. The zero-order chi connectivity index (χ0) is 16.7. The summed E-state index contributed by atoms with van der Waals surface area (Å²) in [6, 6.07) is 0. The number of unbranched alkanes of at least 4 members (excludes halogenated alkanes) is 3. The molecule has 2 saturated heterocycles. The van der Waals surface area contributed by atoms with Crippen molar-refractivity contribution in [3.8, 4) is 0 Å². The van der Waals surface area contributed by atoms with Gasteiger partial charge in [-0.05, 0) is 12.8 Å². The molecule has 0 radical (unpaired) electrons. The van der Waals surface area contributed by atoms with Crippen molar-refractivity contribution in [2.45, 2.75) is 63.4 Å². The van der Waals surface area contributed by atoms with Gasteiger partial charge in [-0.2, -0.15) is 8.42 Å². The van der Waals surface area contributed by atoms with Crippen molar-refractivity contribution in [3.05, 3.63) is 0 Å². The van der Waals surface area contributed by atoms with E-state index in [4.69, 9.17) is 23.5 Å². The lowest BCUT2D eigenvalue weighted by atomic mass is 10.1. The lowest BCUT2D eigenvalue weighted by Gasteiger charge is -2.17. The van der Waals surface area contributed by atoms with Crippen LogP contribution in [0.2, 0.25) is 0 Å². The molecule has 2 heterocycles. The van der Waals surface area contributed by atoms with Crippen LogP contribution in [-0.2, 0) is 29.1 Å². The maximum absolute atomic E-state index is 10.7. The molecule has 136 valence electrons. The molecule has 0 aliphatic carbocycles. The largest absolute Gasteiger partial charge is 0.373 e. The van der Waals surface area contributed by atoms with Crippen molar-refractivity contribution in [1.82, 2.24) is 0 Å². The Labute approximate surface area is 138 Å². The number of fused-ring (bicyclic) bond motifs is 1. The molecule has 2 aliphatic rings. The highest BCUT2D eigenvalue weighted by Crippen LogP contribution is 2.30. The van der Waals surface area contributed by atoms with Crippen LogP contribution in [-0.4, -0.2) is 69.6 Å². The van der Waals surface area contributed by atoms with Gasteiger partial charge < -0.3 is 18.9 Å². The molecule has 2 rings (SSSR count). The van der Waals surface area contributed by atoms with E-state index < -0.39 is 10.1 Å². The van der Waals surface area contributed by atoms with E-state index in [9.17, 15) is 8.42 Å². The second kappa shape index (κ2) is 9.29. The fourth-order valence-corrected chi connectivity index (χ4v) is 3.44. The molecular weight excluding hydrogens is 324 g/mol. The van der Waals surface area contributed by atoms with E-state index in [0.717, 1.165) is 13.0 Å². The average molecular weight is 352 g/mol. The molecule has 0 aromatic carbocycles. The van der Waals surface area contributed by atoms with E-state index in [1.165, 1.54) is 19.3 Å². The number of hydrogen-bond acceptors (Lipinski definition) is 6. The molecule has 1 N–H and O–H groups in total. The Hall–Kier alpha value is -0.250. The fourth-order valence-electron chi connectivity index (χ4n) is 2.95. The smallest absolute Gasteiger partial charge is 0.264 e.